The summed E-state index contributed by atoms with van der Waals surface area (Å²) < 4.78 is 8.32. The predicted octanol–water partition coefficient (Wildman–Crippen LogP) is 3.52. The van der Waals surface area contributed by atoms with Crippen LogP contribution in [0.3, 0.4) is 0 Å². The zero-order valence-corrected chi connectivity index (χ0v) is 20.3. The summed E-state index contributed by atoms with van der Waals surface area (Å²) >= 11 is 3.68. The minimum Gasteiger partial charge on any atom is -0.444 e. The molecule has 1 spiro atoms. The fraction of sp³-hybridized carbons (Fsp3) is 0.435. The highest BCUT2D eigenvalue weighted by Gasteiger charge is 2.59. The summed E-state index contributed by atoms with van der Waals surface area (Å²) in [7, 11) is 0. The van der Waals surface area contributed by atoms with Gasteiger partial charge in [-0.25, -0.2) is 19.7 Å². The van der Waals surface area contributed by atoms with Gasteiger partial charge in [0.15, 0.2) is 5.65 Å². The molecule has 2 aliphatic rings. The topological polar surface area (TPSA) is 109 Å². The van der Waals surface area contributed by atoms with Crippen LogP contribution in [0.4, 0.5) is 4.79 Å². The fourth-order valence-corrected chi connectivity index (χ4v) is 5.12. The van der Waals surface area contributed by atoms with E-state index in [4.69, 9.17) is 4.74 Å². The lowest BCUT2D eigenvalue weighted by atomic mass is 10.1. The Morgan fingerprint density at radius 2 is 2.18 bits per heavy atom. The summed E-state index contributed by atoms with van der Waals surface area (Å²) in [5.74, 6) is 0.755. The van der Waals surface area contributed by atoms with Crippen molar-refractivity contribution in [3.63, 3.8) is 0 Å². The summed E-state index contributed by atoms with van der Waals surface area (Å²) in [6, 6.07) is 5.55. The van der Waals surface area contributed by atoms with Gasteiger partial charge >= 0.3 is 6.09 Å². The van der Waals surface area contributed by atoms with Crippen LogP contribution in [0.2, 0.25) is 0 Å². The van der Waals surface area contributed by atoms with Crippen molar-refractivity contribution in [2.45, 2.75) is 44.2 Å². The molecule has 1 saturated heterocycles. The van der Waals surface area contributed by atoms with Gasteiger partial charge in [-0.1, -0.05) is 0 Å². The maximum Gasteiger partial charge on any atom is 0.410 e. The average molecular weight is 510 g/mol. The fourth-order valence-electron chi connectivity index (χ4n) is 4.53. The molecule has 1 N–H and O–H groups in total. The monoisotopic (exact) mass is 509 g/mol. The summed E-state index contributed by atoms with van der Waals surface area (Å²) in [6.45, 7) is 7.53. The molecule has 2 unspecified atom stereocenters. The number of hydrogen-bond acceptors (Lipinski definition) is 7. The van der Waals surface area contributed by atoms with Gasteiger partial charge in [0, 0.05) is 48.0 Å². The van der Waals surface area contributed by atoms with E-state index in [-0.39, 0.29) is 17.6 Å². The molecule has 2 fully saturated rings. The van der Waals surface area contributed by atoms with Gasteiger partial charge in [0.25, 0.3) is 0 Å². The molecule has 1 aliphatic heterocycles. The lowest BCUT2D eigenvalue weighted by molar-refractivity contribution is 0.0181. The molecule has 0 radical (unpaired) electrons. The first kappa shape index (κ1) is 21.8. The van der Waals surface area contributed by atoms with Gasteiger partial charge in [0.2, 0.25) is 0 Å². The first-order chi connectivity index (χ1) is 15.7. The van der Waals surface area contributed by atoms with Crippen LogP contribution in [0.25, 0.3) is 16.9 Å². The lowest BCUT2D eigenvalue weighted by Gasteiger charge is -2.35. The molecule has 10 heteroatoms. The third kappa shape index (κ3) is 3.96. The molecule has 1 saturated carbocycles. The minimum absolute atomic E-state index is 0.138. The maximum atomic E-state index is 12.7. The highest BCUT2D eigenvalue weighted by Crippen LogP contribution is 2.54. The van der Waals surface area contributed by atoms with Gasteiger partial charge in [-0.05, 0) is 55.3 Å². The van der Waals surface area contributed by atoms with Gasteiger partial charge in [0.05, 0.1) is 22.7 Å². The molecule has 2 atom stereocenters. The molecule has 5 rings (SSSR count). The van der Waals surface area contributed by atoms with Crippen molar-refractivity contribution in [2.75, 3.05) is 19.6 Å². The molecule has 1 aliphatic carbocycles. The first-order valence-electron chi connectivity index (χ1n) is 10.8. The molecule has 170 valence electrons. The van der Waals surface area contributed by atoms with Gasteiger partial charge in [-0.2, -0.15) is 5.26 Å². The zero-order chi connectivity index (χ0) is 23.4. The van der Waals surface area contributed by atoms with Crippen molar-refractivity contribution >= 4 is 33.1 Å². The van der Waals surface area contributed by atoms with E-state index in [1.165, 1.54) is 0 Å². The normalized spacial score (nSPS) is 22.4. The predicted molar refractivity (Wildman–Crippen MR) is 125 cm³/mol. The smallest absolute Gasteiger partial charge is 0.410 e. The van der Waals surface area contributed by atoms with E-state index in [2.05, 4.69) is 42.3 Å². The molecule has 4 heterocycles. The number of amides is 1. The standard InChI is InChI=1S/C23H24BrN7O2/c1-22(2,3)33-21(32)30-7-6-29-23(12-30)9-15(23)19-18-16(24)11-31(20(18)28-13-27-19)17-8-14(10-25)4-5-26-17/h4-5,8,11,13,15,29H,6-7,9,12H2,1-3H3. The number of pyridine rings is 1. The van der Waals surface area contributed by atoms with Crippen LogP contribution >= 0.6 is 15.9 Å². The van der Waals surface area contributed by atoms with Crippen molar-refractivity contribution < 1.29 is 9.53 Å². The maximum absolute atomic E-state index is 12.7. The number of piperazine rings is 1. The zero-order valence-electron chi connectivity index (χ0n) is 18.7. The second kappa shape index (κ2) is 7.78. The summed E-state index contributed by atoms with van der Waals surface area (Å²) in [5, 5.41) is 13.8. The Hall–Kier alpha value is -3.03. The number of nitrogens with one attached hydrogen (secondary N) is 1. The van der Waals surface area contributed by atoms with E-state index in [0.29, 0.717) is 31.0 Å². The molecule has 3 aromatic heterocycles. The Kier molecular flexibility index (Phi) is 5.14. The minimum atomic E-state index is -0.526. The van der Waals surface area contributed by atoms with Gasteiger partial charge in [-0.3, -0.25) is 4.57 Å². The lowest BCUT2D eigenvalue weighted by Crippen LogP contribution is -2.55. The van der Waals surface area contributed by atoms with Crippen LogP contribution in [0.1, 0.15) is 44.4 Å². The van der Waals surface area contributed by atoms with Crippen molar-refractivity contribution in [1.29, 1.82) is 5.26 Å². The van der Waals surface area contributed by atoms with E-state index in [0.717, 1.165) is 27.6 Å². The van der Waals surface area contributed by atoms with Crippen LogP contribution in [-0.4, -0.2) is 61.3 Å². The third-order valence-electron chi connectivity index (χ3n) is 6.08. The van der Waals surface area contributed by atoms with Crippen LogP contribution in [0, 0.1) is 11.3 Å². The number of hydrogen-bond donors (Lipinski definition) is 1. The Bertz CT molecular complexity index is 1290. The highest BCUT2D eigenvalue weighted by atomic mass is 79.9. The number of halogens is 1. The third-order valence-corrected chi connectivity index (χ3v) is 6.68. The van der Waals surface area contributed by atoms with Gasteiger partial charge in [-0.15, -0.1) is 0 Å². The quantitative estimate of drug-likeness (QED) is 0.562. The van der Waals surface area contributed by atoms with Crippen molar-refractivity contribution in [3.8, 4) is 11.9 Å². The van der Waals surface area contributed by atoms with E-state index >= 15 is 0 Å². The molecule has 1 amide bonds. The number of fused-ring (bicyclic) bond motifs is 1. The Morgan fingerprint density at radius 1 is 1.36 bits per heavy atom. The Labute approximate surface area is 199 Å². The number of carbonyl (C=O) groups is 1. The van der Waals surface area contributed by atoms with Crippen molar-refractivity contribution in [2.24, 2.45) is 0 Å². The largest absolute Gasteiger partial charge is 0.444 e. The summed E-state index contributed by atoms with van der Waals surface area (Å²) in [4.78, 5) is 28.0. The van der Waals surface area contributed by atoms with E-state index in [1.54, 1.807) is 29.6 Å². The first-order valence-corrected chi connectivity index (χ1v) is 11.6. The molecule has 33 heavy (non-hydrogen) atoms. The summed E-state index contributed by atoms with van der Waals surface area (Å²) in [6.07, 6.45) is 5.68. The average Bonchev–Trinajstić information content (AvgIpc) is 3.35. The number of nitrogens with zero attached hydrogens (tertiary/aromatic N) is 6. The number of ether oxygens (including phenoxy) is 1. The number of carbonyl (C=O) groups excluding carboxylic acids is 1. The van der Waals surface area contributed by atoms with E-state index in [1.807, 2.05) is 31.5 Å². The van der Waals surface area contributed by atoms with Gasteiger partial charge < -0.3 is 15.0 Å². The molecular formula is C23H24BrN7O2. The van der Waals surface area contributed by atoms with Crippen molar-refractivity contribution in [1.82, 2.24) is 29.7 Å². The molecule has 0 bridgehead atoms. The second-order valence-corrected chi connectivity index (χ2v) is 10.4. The number of nitriles is 1. The van der Waals surface area contributed by atoms with Gasteiger partial charge in [0.1, 0.15) is 17.7 Å². The molecule has 3 aromatic rings. The SMILES string of the molecule is CC(C)(C)OC(=O)N1CCNC2(CC2c2ncnc3c2c(Br)cn3-c2cc(C#N)ccn2)C1. The Balaban J connectivity index is 1.46. The Morgan fingerprint density at radius 3 is 2.94 bits per heavy atom. The number of rotatable bonds is 2. The van der Waals surface area contributed by atoms with Crippen LogP contribution in [0.15, 0.2) is 35.3 Å². The van der Waals surface area contributed by atoms with Crippen LogP contribution < -0.4 is 5.32 Å². The summed E-state index contributed by atoms with van der Waals surface area (Å²) in [5.41, 5.74) is 1.43. The van der Waals surface area contributed by atoms with Crippen LogP contribution in [0.5, 0.6) is 0 Å². The molecule has 0 aromatic carbocycles. The van der Waals surface area contributed by atoms with Crippen molar-refractivity contribution in [3.05, 3.63) is 46.6 Å². The van der Waals surface area contributed by atoms with E-state index < -0.39 is 5.60 Å². The molecule has 9 nitrogen and oxygen atoms in total. The van der Waals surface area contributed by atoms with E-state index in [9.17, 15) is 10.1 Å². The molecular weight excluding hydrogens is 486 g/mol. The van der Waals surface area contributed by atoms with Crippen LogP contribution in [-0.2, 0) is 4.74 Å². The number of aromatic nitrogens is 4. The second-order valence-electron chi connectivity index (χ2n) is 9.56. The highest BCUT2D eigenvalue weighted by molar-refractivity contribution is 9.10.